The molecule has 104 valence electrons. The lowest BCUT2D eigenvalue weighted by atomic mass is 10.3. The summed E-state index contributed by atoms with van der Waals surface area (Å²) in [5.74, 6) is 0.856. The van der Waals surface area contributed by atoms with E-state index in [-0.39, 0.29) is 12.5 Å². The van der Waals surface area contributed by atoms with E-state index in [1.54, 1.807) is 37.7 Å². The second-order valence-corrected chi connectivity index (χ2v) is 4.79. The van der Waals surface area contributed by atoms with Gasteiger partial charge in [0.25, 0.3) is 5.91 Å². The monoisotopic (exact) mass is 336 g/mol. The Morgan fingerprint density at radius 3 is 2.90 bits per heavy atom. The highest BCUT2D eigenvalue weighted by atomic mass is 79.9. The molecule has 2 aromatic rings. The molecule has 1 heterocycles. The van der Waals surface area contributed by atoms with E-state index in [9.17, 15) is 4.79 Å². The first-order valence-electron chi connectivity index (χ1n) is 5.85. The lowest BCUT2D eigenvalue weighted by molar-refractivity contribution is -0.118. The largest absolute Gasteiger partial charge is 0.495 e. The van der Waals surface area contributed by atoms with E-state index in [1.807, 2.05) is 12.1 Å². The standard InChI is InChI=1S/C14H13BrN2O3/c1-19-13-5-3-2-4-12(13)17-14(18)9-20-11-6-10(15)7-16-8-11/h2-8H,9H2,1H3,(H,17,18). The van der Waals surface area contributed by atoms with Crippen molar-refractivity contribution in [3.05, 3.63) is 47.2 Å². The molecule has 2 rings (SSSR count). The first-order chi connectivity index (χ1) is 9.69. The lowest BCUT2D eigenvalue weighted by Gasteiger charge is -2.10. The van der Waals surface area contributed by atoms with Gasteiger partial charge < -0.3 is 14.8 Å². The van der Waals surface area contributed by atoms with Crippen molar-refractivity contribution in [2.24, 2.45) is 0 Å². The zero-order chi connectivity index (χ0) is 14.4. The molecule has 0 bridgehead atoms. The zero-order valence-electron chi connectivity index (χ0n) is 10.8. The van der Waals surface area contributed by atoms with E-state index >= 15 is 0 Å². The Kier molecular flexibility index (Phi) is 4.95. The van der Waals surface area contributed by atoms with Crippen molar-refractivity contribution >= 4 is 27.5 Å². The van der Waals surface area contributed by atoms with Gasteiger partial charge in [-0.2, -0.15) is 0 Å². The number of hydrogen-bond donors (Lipinski definition) is 1. The number of ether oxygens (including phenoxy) is 2. The SMILES string of the molecule is COc1ccccc1NC(=O)COc1cncc(Br)c1. The minimum atomic E-state index is -0.269. The molecule has 1 amide bonds. The third kappa shape index (κ3) is 3.96. The van der Waals surface area contributed by atoms with Gasteiger partial charge in [-0.25, -0.2) is 0 Å². The number of amides is 1. The third-order valence-electron chi connectivity index (χ3n) is 2.43. The molecule has 0 atom stereocenters. The van der Waals surface area contributed by atoms with Crippen LogP contribution in [0, 0.1) is 0 Å². The van der Waals surface area contributed by atoms with Crippen LogP contribution in [0.1, 0.15) is 0 Å². The Morgan fingerprint density at radius 1 is 1.35 bits per heavy atom. The summed E-state index contributed by atoms with van der Waals surface area (Å²) in [5, 5.41) is 2.73. The van der Waals surface area contributed by atoms with Gasteiger partial charge in [0.2, 0.25) is 0 Å². The maximum absolute atomic E-state index is 11.8. The molecule has 0 unspecified atom stereocenters. The van der Waals surface area contributed by atoms with Gasteiger partial charge in [0.1, 0.15) is 11.5 Å². The highest BCUT2D eigenvalue weighted by Gasteiger charge is 2.07. The molecule has 0 aliphatic rings. The van der Waals surface area contributed by atoms with Crippen LogP contribution in [0.4, 0.5) is 5.69 Å². The number of aromatic nitrogens is 1. The van der Waals surface area contributed by atoms with E-state index in [2.05, 4.69) is 26.2 Å². The van der Waals surface area contributed by atoms with Gasteiger partial charge >= 0.3 is 0 Å². The summed E-state index contributed by atoms with van der Waals surface area (Å²) in [5.41, 5.74) is 0.607. The molecular weight excluding hydrogens is 324 g/mol. The second-order valence-electron chi connectivity index (χ2n) is 3.88. The van der Waals surface area contributed by atoms with Crippen molar-refractivity contribution in [2.45, 2.75) is 0 Å². The van der Waals surface area contributed by atoms with Gasteiger partial charge in [0, 0.05) is 10.7 Å². The van der Waals surface area contributed by atoms with E-state index in [0.717, 1.165) is 4.47 Å². The normalized spacial score (nSPS) is 9.90. The minimum absolute atomic E-state index is 0.101. The zero-order valence-corrected chi connectivity index (χ0v) is 12.4. The molecule has 5 nitrogen and oxygen atoms in total. The molecule has 0 saturated heterocycles. The highest BCUT2D eigenvalue weighted by molar-refractivity contribution is 9.10. The number of nitrogens with zero attached hydrogens (tertiary/aromatic N) is 1. The molecule has 6 heteroatoms. The fourth-order valence-electron chi connectivity index (χ4n) is 1.55. The predicted molar refractivity (Wildman–Crippen MR) is 79.1 cm³/mol. The van der Waals surface area contributed by atoms with Crippen LogP contribution in [0.3, 0.4) is 0 Å². The van der Waals surface area contributed by atoms with Crippen molar-refractivity contribution < 1.29 is 14.3 Å². The Hall–Kier alpha value is -2.08. The number of anilines is 1. The van der Waals surface area contributed by atoms with E-state index in [0.29, 0.717) is 17.2 Å². The van der Waals surface area contributed by atoms with Crippen LogP contribution in [-0.4, -0.2) is 24.6 Å². The number of pyridine rings is 1. The van der Waals surface area contributed by atoms with Gasteiger partial charge in [0.05, 0.1) is 19.0 Å². The predicted octanol–water partition coefficient (Wildman–Crippen LogP) is 2.87. The number of para-hydroxylation sites is 2. The molecule has 0 aliphatic carbocycles. The van der Waals surface area contributed by atoms with Crippen molar-refractivity contribution in [3.8, 4) is 11.5 Å². The van der Waals surface area contributed by atoms with E-state index in [4.69, 9.17) is 9.47 Å². The fraction of sp³-hybridized carbons (Fsp3) is 0.143. The lowest BCUT2D eigenvalue weighted by Crippen LogP contribution is -2.20. The number of carbonyl (C=O) groups excluding carboxylic acids is 1. The summed E-state index contributed by atoms with van der Waals surface area (Å²) >= 11 is 3.28. The van der Waals surface area contributed by atoms with Crippen LogP contribution in [0.5, 0.6) is 11.5 Å². The maximum Gasteiger partial charge on any atom is 0.262 e. The molecule has 0 radical (unpaired) electrons. The molecule has 0 saturated carbocycles. The van der Waals surface area contributed by atoms with Gasteiger partial charge in [-0.3, -0.25) is 9.78 Å². The Balaban J connectivity index is 1.93. The first kappa shape index (κ1) is 14.3. The number of methoxy groups -OCH3 is 1. The van der Waals surface area contributed by atoms with Gasteiger partial charge in [-0.05, 0) is 34.1 Å². The highest BCUT2D eigenvalue weighted by Crippen LogP contribution is 2.23. The van der Waals surface area contributed by atoms with Gasteiger partial charge in [-0.1, -0.05) is 12.1 Å². The summed E-state index contributed by atoms with van der Waals surface area (Å²) in [6.45, 7) is -0.101. The van der Waals surface area contributed by atoms with Crippen LogP contribution in [0.2, 0.25) is 0 Å². The maximum atomic E-state index is 11.8. The number of hydrogen-bond acceptors (Lipinski definition) is 4. The number of benzene rings is 1. The van der Waals surface area contributed by atoms with E-state index < -0.39 is 0 Å². The smallest absolute Gasteiger partial charge is 0.262 e. The molecule has 0 aliphatic heterocycles. The van der Waals surface area contributed by atoms with Crippen LogP contribution in [0.15, 0.2) is 47.2 Å². The quantitative estimate of drug-likeness (QED) is 0.911. The summed E-state index contributed by atoms with van der Waals surface area (Å²) in [4.78, 5) is 15.8. The van der Waals surface area contributed by atoms with Crippen molar-refractivity contribution in [1.82, 2.24) is 4.98 Å². The molecule has 20 heavy (non-hydrogen) atoms. The number of nitrogens with one attached hydrogen (secondary N) is 1. The number of rotatable bonds is 5. The topological polar surface area (TPSA) is 60.5 Å². The minimum Gasteiger partial charge on any atom is -0.495 e. The first-order valence-corrected chi connectivity index (χ1v) is 6.64. The van der Waals surface area contributed by atoms with Crippen LogP contribution in [0.25, 0.3) is 0 Å². The molecule has 1 aromatic carbocycles. The molecular formula is C14H13BrN2O3. The average molecular weight is 337 g/mol. The fourth-order valence-corrected chi connectivity index (χ4v) is 1.90. The third-order valence-corrected chi connectivity index (χ3v) is 2.86. The molecule has 1 N–H and O–H groups in total. The Labute approximate surface area is 125 Å². The van der Waals surface area contributed by atoms with Gasteiger partial charge in [-0.15, -0.1) is 0 Å². The number of carbonyl (C=O) groups is 1. The molecule has 0 spiro atoms. The van der Waals surface area contributed by atoms with Crippen LogP contribution < -0.4 is 14.8 Å². The van der Waals surface area contributed by atoms with Gasteiger partial charge in [0.15, 0.2) is 6.61 Å². The summed E-state index contributed by atoms with van der Waals surface area (Å²) in [7, 11) is 1.55. The average Bonchev–Trinajstić information content (AvgIpc) is 2.46. The summed E-state index contributed by atoms with van der Waals surface area (Å²) < 4.78 is 11.3. The van der Waals surface area contributed by atoms with Crippen molar-refractivity contribution in [3.63, 3.8) is 0 Å². The Bertz CT molecular complexity index is 604. The molecule has 1 aromatic heterocycles. The van der Waals surface area contributed by atoms with Crippen LogP contribution in [-0.2, 0) is 4.79 Å². The molecule has 0 fully saturated rings. The van der Waals surface area contributed by atoms with Crippen molar-refractivity contribution in [2.75, 3.05) is 19.0 Å². The Morgan fingerprint density at radius 2 is 2.15 bits per heavy atom. The summed E-state index contributed by atoms with van der Waals surface area (Å²) in [6.07, 6.45) is 3.18. The summed E-state index contributed by atoms with van der Waals surface area (Å²) in [6, 6.07) is 8.92. The van der Waals surface area contributed by atoms with E-state index in [1.165, 1.54) is 0 Å². The van der Waals surface area contributed by atoms with Crippen LogP contribution >= 0.6 is 15.9 Å². The number of halogens is 1. The second kappa shape index (κ2) is 6.91. The van der Waals surface area contributed by atoms with Crippen molar-refractivity contribution in [1.29, 1.82) is 0 Å².